The monoisotopic (exact) mass is 560 g/mol. The number of carbonyl (C=O) groups is 2. The topological polar surface area (TPSA) is 138 Å². The minimum Gasteiger partial charge on any atom is -0.488 e. The van der Waals surface area contributed by atoms with Crippen LogP contribution in [0.25, 0.3) is 0 Å². The highest BCUT2D eigenvalue weighted by atomic mass is 32.2. The van der Waals surface area contributed by atoms with Gasteiger partial charge >= 0.3 is 0 Å². The second-order valence-corrected chi connectivity index (χ2v) is 11.6. The zero-order valence-electron chi connectivity index (χ0n) is 21.8. The molecule has 3 aliphatic rings. The summed E-state index contributed by atoms with van der Waals surface area (Å²) in [5, 5.41) is 15.2. The lowest BCUT2D eigenvalue weighted by Crippen LogP contribution is -2.58. The van der Waals surface area contributed by atoms with Gasteiger partial charge in [0.25, 0.3) is 11.8 Å². The van der Waals surface area contributed by atoms with Crippen molar-refractivity contribution in [1.29, 1.82) is 5.26 Å². The molecule has 3 heterocycles. The van der Waals surface area contributed by atoms with E-state index < -0.39 is 28.1 Å². The van der Waals surface area contributed by atoms with E-state index >= 15 is 0 Å². The lowest BCUT2D eigenvalue weighted by atomic mass is 10.0. The number of fused-ring (bicyclic) bond motifs is 7. The predicted octanol–water partition coefficient (Wildman–Crippen LogP) is 2.52. The van der Waals surface area contributed by atoms with Crippen LogP contribution in [-0.2, 0) is 21.4 Å². The Morgan fingerprint density at radius 2 is 1.82 bits per heavy atom. The largest absolute Gasteiger partial charge is 0.488 e. The van der Waals surface area contributed by atoms with E-state index in [1.165, 1.54) is 16.4 Å². The quantitative estimate of drug-likeness (QED) is 0.491. The summed E-state index contributed by atoms with van der Waals surface area (Å²) in [6.45, 7) is 2.00. The molecule has 0 aliphatic carbocycles. The maximum Gasteiger partial charge on any atom is 0.258 e. The number of rotatable bonds is 2. The number of benzene rings is 3. The van der Waals surface area contributed by atoms with Crippen LogP contribution in [0.3, 0.4) is 0 Å². The summed E-state index contributed by atoms with van der Waals surface area (Å²) in [4.78, 5) is 25.6. The summed E-state index contributed by atoms with van der Waals surface area (Å²) in [5.41, 5.74) is 1.97. The van der Waals surface area contributed by atoms with E-state index in [0.717, 1.165) is 11.1 Å². The minimum atomic E-state index is -4.02. The Hall–Kier alpha value is -4.40. The molecular weight excluding hydrogens is 532 g/mol. The first kappa shape index (κ1) is 27.2. The fourth-order valence-electron chi connectivity index (χ4n) is 4.73. The molecule has 0 unspecified atom stereocenters. The second kappa shape index (κ2) is 11.4. The number of aryl methyl sites for hydroxylation is 1. The fraction of sp³-hybridized carbons (Fsp3) is 0.276. The summed E-state index contributed by atoms with van der Waals surface area (Å²) >= 11 is 0. The molecule has 3 aliphatic heterocycles. The van der Waals surface area contributed by atoms with Crippen LogP contribution in [0.15, 0.2) is 71.6 Å². The van der Waals surface area contributed by atoms with Gasteiger partial charge in [0, 0.05) is 31.6 Å². The molecule has 1 saturated heterocycles. The van der Waals surface area contributed by atoms with Crippen molar-refractivity contribution in [3.05, 3.63) is 89.0 Å². The molecule has 206 valence electrons. The Morgan fingerprint density at radius 3 is 2.60 bits per heavy atom. The summed E-state index contributed by atoms with van der Waals surface area (Å²) < 4.78 is 40.4. The molecule has 0 aromatic heterocycles. The highest BCUT2D eigenvalue weighted by Gasteiger charge is 2.38. The molecule has 0 saturated carbocycles. The molecule has 2 N–H and O–H groups in total. The van der Waals surface area contributed by atoms with Gasteiger partial charge in [0.05, 0.1) is 16.5 Å². The molecule has 2 amide bonds. The van der Waals surface area contributed by atoms with E-state index in [4.69, 9.17) is 9.47 Å². The lowest BCUT2D eigenvalue weighted by Gasteiger charge is -2.38. The van der Waals surface area contributed by atoms with Crippen molar-refractivity contribution in [1.82, 2.24) is 14.9 Å². The Labute approximate surface area is 232 Å². The predicted molar refractivity (Wildman–Crippen MR) is 145 cm³/mol. The van der Waals surface area contributed by atoms with Gasteiger partial charge in [-0.2, -0.15) is 9.57 Å². The normalized spacial score (nSPS) is 20.1. The number of sulfonamides is 1. The number of piperidine rings is 1. The number of hydrogen-bond acceptors (Lipinski definition) is 7. The molecule has 40 heavy (non-hydrogen) atoms. The first-order chi connectivity index (χ1) is 19.2. The summed E-state index contributed by atoms with van der Waals surface area (Å²) in [6, 6.07) is 19.4. The number of carbonyl (C=O) groups excluding carboxylic acids is 2. The molecule has 11 heteroatoms. The third-order valence-electron chi connectivity index (χ3n) is 6.96. The standard InChI is InChI=1S/C29H28N4O6S/c1-19-6-9-21-14-26(19)38-18-28(34)31-16-20-7-10-23(11-8-20)39-25-12-13-33(17-24(25)32-29(21)35)40(36,37)27-5-3-2-4-22(27)15-30/h2-11,14,24-25H,12-13,16-18H2,1H3,(H,31,34)(H,32,35)/t24-,25-/m0/s1. The van der Waals surface area contributed by atoms with Gasteiger partial charge in [-0.15, -0.1) is 0 Å². The fourth-order valence-corrected chi connectivity index (χ4v) is 6.35. The van der Waals surface area contributed by atoms with Crippen molar-refractivity contribution < 1.29 is 27.5 Å². The zero-order chi connectivity index (χ0) is 28.3. The molecule has 3 aromatic rings. The number of amides is 2. The van der Waals surface area contributed by atoms with Crippen LogP contribution >= 0.6 is 0 Å². The van der Waals surface area contributed by atoms with Crippen molar-refractivity contribution in [3.8, 4) is 17.6 Å². The third kappa shape index (κ3) is 5.78. The smallest absolute Gasteiger partial charge is 0.258 e. The van der Waals surface area contributed by atoms with Crippen LogP contribution in [0.5, 0.6) is 11.5 Å². The molecular formula is C29H28N4O6S. The van der Waals surface area contributed by atoms with E-state index in [0.29, 0.717) is 30.0 Å². The molecule has 6 rings (SSSR count). The van der Waals surface area contributed by atoms with Crippen LogP contribution in [0.4, 0.5) is 0 Å². The van der Waals surface area contributed by atoms with Crippen LogP contribution in [-0.4, -0.2) is 56.4 Å². The van der Waals surface area contributed by atoms with Crippen molar-refractivity contribution >= 4 is 21.8 Å². The molecule has 4 bridgehead atoms. The number of nitrogens with zero attached hydrogens (tertiary/aromatic N) is 2. The maximum absolute atomic E-state index is 13.6. The first-order valence-corrected chi connectivity index (χ1v) is 14.2. The first-order valence-electron chi connectivity index (χ1n) is 12.8. The molecule has 0 radical (unpaired) electrons. The van der Waals surface area contributed by atoms with Gasteiger partial charge in [0.15, 0.2) is 6.61 Å². The average molecular weight is 561 g/mol. The van der Waals surface area contributed by atoms with Crippen molar-refractivity contribution in [3.63, 3.8) is 0 Å². The second-order valence-electron chi connectivity index (χ2n) is 9.69. The number of ether oxygens (including phenoxy) is 2. The average Bonchev–Trinajstić information content (AvgIpc) is 2.96. The van der Waals surface area contributed by atoms with E-state index in [1.807, 2.05) is 25.1 Å². The van der Waals surface area contributed by atoms with Crippen LogP contribution < -0.4 is 20.1 Å². The summed E-state index contributed by atoms with van der Waals surface area (Å²) in [7, 11) is -4.02. The Bertz CT molecular complexity index is 1580. The highest BCUT2D eigenvalue weighted by molar-refractivity contribution is 7.89. The van der Waals surface area contributed by atoms with Gasteiger partial charge in [0.1, 0.15) is 23.7 Å². The summed E-state index contributed by atoms with van der Waals surface area (Å²) in [5.74, 6) is 0.203. The van der Waals surface area contributed by atoms with Crippen LogP contribution in [0, 0.1) is 18.3 Å². The third-order valence-corrected chi connectivity index (χ3v) is 8.89. The van der Waals surface area contributed by atoms with Crippen molar-refractivity contribution in [2.45, 2.75) is 36.9 Å². The summed E-state index contributed by atoms with van der Waals surface area (Å²) in [6.07, 6.45) is -0.220. The minimum absolute atomic E-state index is 0.0514. The highest BCUT2D eigenvalue weighted by Crippen LogP contribution is 2.27. The van der Waals surface area contributed by atoms with E-state index in [9.17, 15) is 23.3 Å². The maximum atomic E-state index is 13.6. The van der Waals surface area contributed by atoms with Gasteiger partial charge in [-0.05, 0) is 54.4 Å². The van der Waals surface area contributed by atoms with Gasteiger partial charge in [-0.3, -0.25) is 9.59 Å². The van der Waals surface area contributed by atoms with Crippen molar-refractivity contribution in [2.75, 3.05) is 19.7 Å². The van der Waals surface area contributed by atoms with Crippen molar-refractivity contribution in [2.24, 2.45) is 0 Å². The molecule has 3 aromatic carbocycles. The lowest BCUT2D eigenvalue weighted by molar-refractivity contribution is -0.123. The molecule has 2 atom stereocenters. The van der Waals surface area contributed by atoms with Gasteiger partial charge < -0.3 is 20.1 Å². The SMILES string of the molecule is Cc1ccc2cc1OCC(=O)NCc1ccc(cc1)O[C@H]1CCN(S(=O)(=O)c3ccccc3C#N)C[C@@H]1NC2=O. The van der Waals surface area contributed by atoms with E-state index in [-0.39, 0.29) is 36.1 Å². The molecule has 1 fully saturated rings. The Kier molecular flexibility index (Phi) is 7.73. The van der Waals surface area contributed by atoms with Gasteiger partial charge in [-0.1, -0.05) is 30.3 Å². The zero-order valence-corrected chi connectivity index (χ0v) is 22.6. The molecule has 10 nitrogen and oxygen atoms in total. The van der Waals surface area contributed by atoms with Crippen LogP contribution in [0.1, 0.15) is 33.5 Å². The van der Waals surface area contributed by atoms with Gasteiger partial charge in [0.2, 0.25) is 10.0 Å². The Balaban J connectivity index is 1.48. The number of nitrogens with one attached hydrogen (secondary N) is 2. The van der Waals surface area contributed by atoms with E-state index in [1.54, 1.807) is 42.5 Å². The molecule has 0 spiro atoms. The number of hydrogen-bond donors (Lipinski definition) is 2. The Morgan fingerprint density at radius 1 is 1.05 bits per heavy atom. The van der Waals surface area contributed by atoms with Crippen LogP contribution in [0.2, 0.25) is 0 Å². The number of nitriles is 1. The van der Waals surface area contributed by atoms with E-state index in [2.05, 4.69) is 10.6 Å². The van der Waals surface area contributed by atoms with Gasteiger partial charge in [-0.25, -0.2) is 8.42 Å².